The molecule has 0 radical (unpaired) electrons. The molecule has 0 aliphatic heterocycles. The first-order valence-electron chi connectivity index (χ1n) is 5.26. The monoisotopic (exact) mass is 226 g/mol. The summed E-state index contributed by atoms with van der Waals surface area (Å²) in [6.07, 6.45) is 2.60. The van der Waals surface area contributed by atoms with E-state index in [9.17, 15) is 4.79 Å². The molecule has 5 heteroatoms. The summed E-state index contributed by atoms with van der Waals surface area (Å²) < 4.78 is 9.84. The third kappa shape index (κ3) is 4.44. The van der Waals surface area contributed by atoms with E-state index in [2.05, 4.69) is 9.68 Å². The van der Waals surface area contributed by atoms with Gasteiger partial charge in [-0.2, -0.15) is 0 Å². The molecule has 0 bridgehead atoms. The van der Waals surface area contributed by atoms with Crippen LogP contribution >= 0.6 is 0 Å². The van der Waals surface area contributed by atoms with Crippen molar-refractivity contribution in [3.05, 3.63) is 18.0 Å². The van der Waals surface area contributed by atoms with Gasteiger partial charge in [0.15, 0.2) is 0 Å². The zero-order chi connectivity index (χ0) is 12.2. The molecule has 0 spiro atoms. The topological polar surface area (TPSA) is 78.4 Å². The Hall–Kier alpha value is -1.36. The lowest BCUT2D eigenvalue weighted by Crippen LogP contribution is -2.37. The van der Waals surface area contributed by atoms with Gasteiger partial charge in [-0.05, 0) is 33.6 Å². The largest absolute Gasteiger partial charge is 0.459 e. The van der Waals surface area contributed by atoms with Gasteiger partial charge in [0.1, 0.15) is 17.9 Å². The van der Waals surface area contributed by atoms with Crippen molar-refractivity contribution in [1.29, 1.82) is 0 Å². The minimum absolute atomic E-state index is 0.379. The molecule has 16 heavy (non-hydrogen) atoms. The third-order valence-electron chi connectivity index (χ3n) is 1.91. The van der Waals surface area contributed by atoms with Gasteiger partial charge < -0.3 is 15.0 Å². The molecule has 0 aromatic carbocycles. The molecule has 0 aliphatic carbocycles. The Kier molecular flexibility index (Phi) is 4.06. The Labute approximate surface area is 94.9 Å². The van der Waals surface area contributed by atoms with Gasteiger partial charge in [-0.1, -0.05) is 5.16 Å². The molecule has 1 aromatic heterocycles. The molecule has 2 N–H and O–H groups in total. The fourth-order valence-electron chi connectivity index (χ4n) is 1.17. The molecule has 1 atom stereocenters. The Balaban J connectivity index is 2.35. The Morgan fingerprint density at radius 2 is 2.31 bits per heavy atom. The fraction of sp³-hybridized carbons (Fsp3) is 0.636. The SMILES string of the molecule is CC(C)(C)OC(=O)C(N)CCc1ccon1. The van der Waals surface area contributed by atoms with Gasteiger partial charge >= 0.3 is 5.97 Å². The van der Waals surface area contributed by atoms with E-state index in [0.29, 0.717) is 12.8 Å². The van der Waals surface area contributed by atoms with Crippen LogP contribution in [-0.2, 0) is 16.0 Å². The second kappa shape index (κ2) is 5.12. The zero-order valence-corrected chi connectivity index (χ0v) is 9.90. The molecule has 0 aliphatic rings. The molecule has 5 nitrogen and oxygen atoms in total. The van der Waals surface area contributed by atoms with Crippen LogP contribution in [0.2, 0.25) is 0 Å². The summed E-state index contributed by atoms with van der Waals surface area (Å²) in [4.78, 5) is 11.5. The highest BCUT2D eigenvalue weighted by molar-refractivity contribution is 5.75. The molecule has 1 rings (SSSR count). The quantitative estimate of drug-likeness (QED) is 0.782. The van der Waals surface area contributed by atoms with E-state index in [1.54, 1.807) is 6.07 Å². The first-order chi connectivity index (χ1) is 7.38. The third-order valence-corrected chi connectivity index (χ3v) is 1.91. The van der Waals surface area contributed by atoms with E-state index < -0.39 is 11.6 Å². The van der Waals surface area contributed by atoms with E-state index >= 15 is 0 Å². The number of carbonyl (C=O) groups excluding carboxylic acids is 1. The molecule has 0 amide bonds. The minimum atomic E-state index is -0.615. The van der Waals surface area contributed by atoms with Crippen molar-refractivity contribution in [2.24, 2.45) is 5.73 Å². The molecule has 1 heterocycles. The highest BCUT2D eigenvalue weighted by Gasteiger charge is 2.21. The minimum Gasteiger partial charge on any atom is -0.459 e. The highest BCUT2D eigenvalue weighted by atomic mass is 16.6. The second-order valence-electron chi connectivity index (χ2n) is 4.67. The van der Waals surface area contributed by atoms with Gasteiger partial charge in [-0.25, -0.2) is 0 Å². The van der Waals surface area contributed by atoms with Gasteiger partial charge in [-0.3, -0.25) is 4.79 Å². The predicted octanol–water partition coefficient (Wildman–Crippen LogP) is 1.28. The zero-order valence-electron chi connectivity index (χ0n) is 9.90. The summed E-state index contributed by atoms with van der Waals surface area (Å²) in [7, 11) is 0. The van der Waals surface area contributed by atoms with Crippen LogP contribution in [0.25, 0.3) is 0 Å². The van der Waals surface area contributed by atoms with Crippen LogP contribution in [0.4, 0.5) is 0 Å². The molecule has 0 saturated carbocycles. The number of nitrogens with zero attached hydrogens (tertiary/aromatic N) is 1. The van der Waals surface area contributed by atoms with E-state index in [4.69, 9.17) is 10.5 Å². The van der Waals surface area contributed by atoms with Crippen LogP contribution in [0.3, 0.4) is 0 Å². The van der Waals surface area contributed by atoms with Crippen LogP contribution in [0.5, 0.6) is 0 Å². The number of carbonyl (C=O) groups is 1. The first kappa shape index (κ1) is 12.7. The van der Waals surface area contributed by atoms with Crippen LogP contribution < -0.4 is 5.73 Å². The lowest BCUT2D eigenvalue weighted by Gasteiger charge is -2.21. The average Bonchev–Trinajstić information content (AvgIpc) is 2.63. The van der Waals surface area contributed by atoms with Gasteiger partial charge in [0, 0.05) is 6.07 Å². The number of nitrogens with two attached hydrogens (primary N) is 1. The second-order valence-corrected chi connectivity index (χ2v) is 4.67. The smallest absolute Gasteiger partial charge is 0.323 e. The summed E-state index contributed by atoms with van der Waals surface area (Å²) >= 11 is 0. The van der Waals surface area contributed by atoms with Crippen molar-refractivity contribution >= 4 is 5.97 Å². The van der Waals surface area contributed by atoms with Crippen molar-refractivity contribution < 1.29 is 14.1 Å². The molecule has 1 unspecified atom stereocenters. The number of ether oxygens (including phenoxy) is 1. The summed E-state index contributed by atoms with van der Waals surface area (Å²) in [6, 6.07) is 1.14. The standard InChI is InChI=1S/C11H18N2O3/c1-11(2,3)16-10(14)9(12)5-4-8-6-7-15-13-8/h6-7,9H,4-5,12H2,1-3H3. The lowest BCUT2D eigenvalue weighted by molar-refractivity contribution is -0.156. The molecular formula is C11H18N2O3. The maximum atomic E-state index is 11.5. The van der Waals surface area contributed by atoms with Crippen molar-refractivity contribution in [2.75, 3.05) is 0 Å². The maximum Gasteiger partial charge on any atom is 0.323 e. The van der Waals surface area contributed by atoms with Crippen LogP contribution in [0.1, 0.15) is 32.9 Å². The fourth-order valence-corrected chi connectivity index (χ4v) is 1.17. The molecule has 0 saturated heterocycles. The van der Waals surface area contributed by atoms with Crippen molar-refractivity contribution in [3.8, 4) is 0 Å². The van der Waals surface area contributed by atoms with Gasteiger partial charge in [0.25, 0.3) is 0 Å². The van der Waals surface area contributed by atoms with Crippen LogP contribution in [-0.4, -0.2) is 22.8 Å². The summed E-state index contributed by atoms with van der Waals surface area (Å²) in [5.74, 6) is -0.379. The Morgan fingerprint density at radius 3 is 2.81 bits per heavy atom. The van der Waals surface area contributed by atoms with Gasteiger partial charge in [0.05, 0.1) is 5.69 Å². The predicted molar refractivity (Wildman–Crippen MR) is 58.6 cm³/mol. The summed E-state index contributed by atoms with van der Waals surface area (Å²) in [6.45, 7) is 5.44. The Morgan fingerprint density at radius 1 is 1.62 bits per heavy atom. The number of hydrogen-bond donors (Lipinski definition) is 1. The van der Waals surface area contributed by atoms with E-state index in [-0.39, 0.29) is 5.97 Å². The molecule has 90 valence electrons. The number of aryl methyl sites for hydroxylation is 1. The van der Waals surface area contributed by atoms with Crippen LogP contribution in [0.15, 0.2) is 16.9 Å². The van der Waals surface area contributed by atoms with E-state index in [0.717, 1.165) is 5.69 Å². The maximum absolute atomic E-state index is 11.5. The summed E-state index contributed by atoms with van der Waals surface area (Å²) in [5, 5.41) is 3.74. The summed E-state index contributed by atoms with van der Waals surface area (Å²) in [5.41, 5.74) is 6.00. The van der Waals surface area contributed by atoms with E-state index in [1.807, 2.05) is 20.8 Å². The van der Waals surface area contributed by atoms with Crippen LogP contribution in [0, 0.1) is 0 Å². The normalized spacial score (nSPS) is 13.5. The van der Waals surface area contributed by atoms with Gasteiger partial charge in [0.2, 0.25) is 0 Å². The number of aromatic nitrogens is 1. The van der Waals surface area contributed by atoms with Crippen molar-refractivity contribution in [2.45, 2.75) is 45.3 Å². The lowest BCUT2D eigenvalue weighted by atomic mass is 10.1. The molecule has 0 fully saturated rings. The van der Waals surface area contributed by atoms with Gasteiger partial charge in [-0.15, -0.1) is 0 Å². The van der Waals surface area contributed by atoms with E-state index in [1.165, 1.54) is 6.26 Å². The number of esters is 1. The average molecular weight is 226 g/mol. The number of hydrogen-bond acceptors (Lipinski definition) is 5. The van der Waals surface area contributed by atoms with Crippen molar-refractivity contribution in [3.63, 3.8) is 0 Å². The molecular weight excluding hydrogens is 208 g/mol. The Bertz CT molecular complexity index is 327. The highest BCUT2D eigenvalue weighted by Crippen LogP contribution is 2.10. The number of rotatable bonds is 4. The van der Waals surface area contributed by atoms with Crippen molar-refractivity contribution in [1.82, 2.24) is 5.16 Å². The first-order valence-corrected chi connectivity index (χ1v) is 5.26. The molecule has 1 aromatic rings.